The molecule has 18 heavy (non-hydrogen) atoms. The summed E-state index contributed by atoms with van der Waals surface area (Å²) >= 11 is 0. The Morgan fingerprint density at radius 3 is 2.39 bits per heavy atom. The van der Waals surface area contributed by atoms with Crippen LogP contribution in [0.4, 0.5) is 0 Å². The molecule has 5 nitrogen and oxygen atoms in total. The molecule has 3 N–H and O–H groups in total. The number of rotatable bonds is 4. The second-order valence-electron chi connectivity index (χ2n) is 3.91. The van der Waals surface area contributed by atoms with E-state index in [-0.39, 0.29) is 6.42 Å². The number of carboxylic acid groups (broad SMARTS) is 1. The van der Waals surface area contributed by atoms with Gasteiger partial charge in [-0.1, -0.05) is 30.3 Å². The number of hydrogen-bond acceptors (Lipinski definition) is 4. The summed E-state index contributed by atoms with van der Waals surface area (Å²) in [6.45, 7) is 0. The Morgan fingerprint density at radius 2 is 1.83 bits per heavy atom. The summed E-state index contributed by atoms with van der Waals surface area (Å²) in [5.41, 5.74) is 7.26. The van der Waals surface area contributed by atoms with Crippen molar-refractivity contribution in [2.45, 2.75) is 12.5 Å². The number of benzene rings is 1. The van der Waals surface area contributed by atoms with Gasteiger partial charge in [0.2, 0.25) is 0 Å². The quantitative estimate of drug-likeness (QED) is 0.851. The molecule has 5 heteroatoms. The van der Waals surface area contributed by atoms with Crippen LogP contribution in [-0.2, 0) is 4.79 Å². The van der Waals surface area contributed by atoms with Gasteiger partial charge in [-0.2, -0.15) is 0 Å². The topological polar surface area (TPSA) is 89.1 Å². The van der Waals surface area contributed by atoms with E-state index < -0.39 is 12.0 Å². The fourth-order valence-corrected chi connectivity index (χ4v) is 1.57. The van der Waals surface area contributed by atoms with Crippen molar-refractivity contribution in [2.24, 2.45) is 5.73 Å². The number of hydrogen-bond donors (Lipinski definition) is 2. The van der Waals surface area contributed by atoms with E-state index in [2.05, 4.69) is 9.97 Å². The molecule has 0 spiro atoms. The van der Waals surface area contributed by atoms with Crippen LogP contribution in [0.15, 0.2) is 42.7 Å². The van der Waals surface area contributed by atoms with Crippen molar-refractivity contribution in [1.29, 1.82) is 0 Å². The van der Waals surface area contributed by atoms with E-state index in [1.165, 1.54) is 0 Å². The van der Waals surface area contributed by atoms with Gasteiger partial charge in [-0.05, 0) is 0 Å². The first-order valence-electron chi connectivity index (χ1n) is 5.51. The highest BCUT2D eigenvalue weighted by molar-refractivity contribution is 5.67. The molecular formula is C13H13N3O2. The molecule has 0 saturated carbocycles. The Kier molecular flexibility index (Phi) is 3.64. The monoisotopic (exact) mass is 243 g/mol. The van der Waals surface area contributed by atoms with Gasteiger partial charge >= 0.3 is 5.97 Å². The van der Waals surface area contributed by atoms with Gasteiger partial charge < -0.3 is 10.8 Å². The van der Waals surface area contributed by atoms with Gasteiger partial charge in [0.05, 0.1) is 6.42 Å². The summed E-state index contributed by atoms with van der Waals surface area (Å²) in [6.07, 6.45) is 3.01. The van der Waals surface area contributed by atoms with Gasteiger partial charge in [0, 0.05) is 29.6 Å². The lowest BCUT2D eigenvalue weighted by Crippen LogP contribution is -2.15. The highest BCUT2D eigenvalue weighted by Gasteiger charge is 2.11. The number of carboxylic acids is 1. The van der Waals surface area contributed by atoms with Crippen molar-refractivity contribution in [2.75, 3.05) is 0 Å². The van der Waals surface area contributed by atoms with Crippen molar-refractivity contribution in [1.82, 2.24) is 9.97 Å². The summed E-state index contributed by atoms with van der Waals surface area (Å²) in [4.78, 5) is 18.9. The van der Waals surface area contributed by atoms with E-state index in [1.54, 1.807) is 12.4 Å². The molecule has 2 aromatic rings. The lowest BCUT2D eigenvalue weighted by atomic mass is 10.1. The third-order valence-electron chi connectivity index (χ3n) is 2.53. The lowest BCUT2D eigenvalue weighted by Gasteiger charge is -2.08. The van der Waals surface area contributed by atoms with Crippen LogP contribution in [0.1, 0.15) is 18.0 Å². The van der Waals surface area contributed by atoms with Crippen molar-refractivity contribution < 1.29 is 9.90 Å². The average molecular weight is 243 g/mol. The average Bonchev–Trinajstić information content (AvgIpc) is 2.39. The predicted molar refractivity (Wildman–Crippen MR) is 66.6 cm³/mol. The summed E-state index contributed by atoms with van der Waals surface area (Å²) in [7, 11) is 0. The minimum absolute atomic E-state index is 0.131. The molecule has 1 atom stereocenters. The van der Waals surface area contributed by atoms with Crippen LogP contribution in [0.25, 0.3) is 11.4 Å². The minimum Gasteiger partial charge on any atom is -0.481 e. The fourth-order valence-electron chi connectivity index (χ4n) is 1.57. The van der Waals surface area contributed by atoms with Crippen molar-refractivity contribution in [3.05, 3.63) is 48.3 Å². The summed E-state index contributed by atoms with van der Waals surface area (Å²) in [5, 5.41) is 8.66. The normalized spacial score (nSPS) is 12.1. The van der Waals surface area contributed by atoms with E-state index in [4.69, 9.17) is 10.8 Å². The van der Waals surface area contributed by atoms with Gasteiger partial charge in [-0.25, -0.2) is 9.97 Å². The summed E-state index contributed by atoms with van der Waals surface area (Å²) in [6, 6.07) is 8.97. The number of nitrogens with zero attached hydrogens (tertiary/aromatic N) is 2. The molecule has 92 valence electrons. The van der Waals surface area contributed by atoms with Crippen LogP contribution in [0, 0.1) is 0 Å². The standard InChI is InChI=1S/C13H13N3O2/c14-11(6-12(17)18)10-7-15-13(16-8-10)9-4-2-1-3-5-9/h1-5,7-8,11H,6,14H2,(H,17,18)/t11-/m1/s1. The van der Waals surface area contributed by atoms with Gasteiger partial charge in [0.1, 0.15) is 0 Å². The molecule has 0 aliphatic heterocycles. The zero-order valence-corrected chi connectivity index (χ0v) is 9.65. The molecular weight excluding hydrogens is 230 g/mol. The van der Waals surface area contributed by atoms with Crippen molar-refractivity contribution >= 4 is 5.97 Å². The Labute approximate surface area is 104 Å². The molecule has 0 saturated heterocycles. The van der Waals surface area contributed by atoms with Crippen LogP contribution < -0.4 is 5.73 Å². The van der Waals surface area contributed by atoms with E-state index in [0.29, 0.717) is 11.4 Å². The molecule has 0 fully saturated rings. The lowest BCUT2D eigenvalue weighted by molar-refractivity contribution is -0.137. The smallest absolute Gasteiger partial charge is 0.305 e. The molecule has 2 rings (SSSR count). The fraction of sp³-hybridized carbons (Fsp3) is 0.154. The Balaban J connectivity index is 2.18. The van der Waals surface area contributed by atoms with Gasteiger partial charge in [0.25, 0.3) is 0 Å². The first-order valence-corrected chi connectivity index (χ1v) is 5.51. The van der Waals surface area contributed by atoms with Crippen molar-refractivity contribution in [3.8, 4) is 11.4 Å². The Hall–Kier alpha value is -2.27. The van der Waals surface area contributed by atoms with Gasteiger partial charge in [-0.3, -0.25) is 4.79 Å². The zero-order valence-electron chi connectivity index (χ0n) is 9.65. The summed E-state index contributed by atoms with van der Waals surface area (Å²) < 4.78 is 0. The largest absolute Gasteiger partial charge is 0.481 e. The van der Waals surface area contributed by atoms with E-state index in [1.807, 2.05) is 30.3 Å². The maximum absolute atomic E-state index is 10.6. The van der Waals surface area contributed by atoms with Crippen LogP contribution in [-0.4, -0.2) is 21.0 Å². The molecule has 0 bridgehead atoms. The molecule has 0 aliphatic carbocycles. The van der Waals surface area contributed by atoms with Gasteiger partial charge in [-0.15, -0.1) is 0 Å². The number of aliphatic carboxylic acids is 1. The molecule has 0 radical (unpaired) electrons. The first kappa shape index (κ1) is 12.2. The van der Waals surface area contributed by atoms with E-state index >= 15 is 0 Å². The van der Waals surface area contributed by atoms with Crippen LogP contribution in [0.2, 0.25) is 0 Å². The van der Waals surface area contributed by atoms with Gasteiger partial charge in [0.15, 0.2) is 5.82 Å². The van der Waals surface area contributed by atoms with E-state index in [0.717, 1.165) is 5.56 Å². The predicted octanol–water partition coefficient (Wildman–Crippen LogP) is 1.62. The molecule has 0 amide bonds. The SMILES string of the molecule is N[C@H](CC(=O)O)c1cnc(-c2ccccc2)nc1. The maximum Gasteiger partial charge on any atom is 0.305 e. The molecule has 1 aromatic heterocycles. The zero-order chi connectivity index (χ0) is 13.0. The first-order chi connectivity index (χ1) is 8.66. The molecule has 0 aliphatic rings. The van der Waals surface area contributed by atoms with Crippen LogP contribution in [0.5, 0.6) is 0 Å². The number of aromatic nitrogens is 2. The second-order valence-corrected chi connectivity index (χ2v) is 3.91. The van der Waals surface area contributed by atoms with E-state index in [9.17, 15) is 4.79 Å². The highest BCUT2D eigenvalue weighted by Crippen LogP contribution is 2.16. The number of carbonyl (C=O) groups is 1. The Morgan fingerprint density at radius 1 is 1.22 bits per heavy atom. The molecule has 1 aromatic carbocycles. The number of nitrogens with two attached hydrogens (primary N) is 1. The third-order valence-corrected chi connectivity index (χ3v) is 2.53. The summed E-state index contributed by atoms with van der Waals surface area (Å²) in [5.74, 6) is -0.337. The maximum atomic E-state index is 10.6. The van der Waals surface area contributed by atoms with Crippen LogP contribution in [0.3, 0.4) is 0 Å². The molecule has 1 heterocycles. The minimum atomic E-state index is -0.936. The van der Waals surface area contributed by atoms with Crippen molar-refractivity contribution in [3.63, 3.8) is 0 Å². The Bertz CT molecular complexity index is 526. The molecule has 0 unspecified atom stereocenters. The second kappa shape index (κ2) is 5.37. The van der Waals surface area contributed by atoms with Crippen LogP contribution >= 0.6 is 0 Å². The highest BCUT2D eigenvalue weighted by atomic mass is 16.4. The third kappa shape index (κ3) is 2.89.